The average molecular weight is 277 g/mol. The van der Waals surface area contributed by atoms with Crippen LogP contribution in [0.25, 0.3) is 0 Å². The number of carbonyl (C=O) groups is 1. The van der Waals surface area contributed by atoms with Gasteiger partial charge in [0.2, 0.25) is 5.91 Å². The molecule has 1 rings (SSSR count). The molecule has 0 aliphatic carbocycles. The highest BCUT2D eigenvalue weighted by Gasteiger charge is 2.14. The first-order chi connectivity index (χ1) is 9.54. The van der Waals surface area contributed by atoms with E-state index in [0.717, 1.165) is 18.7 Å². The monoisotopic (exact) mass is 277 g/mol. The van der Waals surface area contributed by atoms with Gasteiger partial charge in [-0.1, -0.05) is 32.0 Å². The number of nitrogens with zero attached hydrogens (tertiary/aromatic N) is 1. The third-order valence-electron chi connectivity index (χ3n) is 3.48. The van der Waals surface area contributed by atoms with Gasteiger partial charge in [-0.25, -0.2) is 0 Å². The Hall–Kier alpha value is -1.55. The Morgan fingerprint density at radius 2 is 1.90 bits per heavy atom. The first-order valence-electron chi connectivity index (χ1n) is 7.34. The lowest BCUT2D eigenvalue weighted by Gasteiger charge is -2.26. The van der Waals surface area contributed by atoms with Crippen LogP contribution in [0.4, 0.5) is 5.69 Å². The van der Waals surface area contributed by atoms with E-state index in [0.29, 0.717) is 19.0 Å². The van der Waals surface area contributed by atoms with Gasteiger partial charge in [0.05, 0.1) is 6.54 Å². The lowest BCUT2D eigenvalue weighted by molar-refractivity contribution is -0.120. The van der Waals surface area contributed by atoms with Crippen LogP contribution in [-0.2, 0) is 4.79 Å². The fraction of sp³-hybridized carbons (Fsp3) is 0.562. The number of para-hydroxylation sites is 1. The van der Waals surface area contributed by atoms with Crippen molar-refractivity contribution < 1.29 is 4.79 Å². The van der Waals surface area contributed by atoms with Crippen LogP contribution in [-0.4, -0.2) is 31.6 Å². The van der Waals surface area contributed by atoms with Gasteiger partial charge in [-0.05, 0) is 37.9 Å². The molecule has 112 valence electrons. The predicted octanol–water partition coefficient (Wildman–Crippen LogP) is 2.00. The molecule has 1 unspecified atom stereocenters. The van der Waals surface area contributed by atoms with Gasteiger partial charge >= 0.3 is 0 Å². The Kier molecular flexibility index (Phi) is 7.09. The minimum atomic E-state index is 0.0621. The third-order valence-corrected chi connectivity index (χ3v) is 3.48. The standard InChI is InChI=1S/C16H27N3O/c1-13(2)14(3)18-16(20)12-19(11-7-10-17)15-8-5-4-6-9-15/h4-6,8-9,13-14H,7,10-12,17H2,1-3H3,(H,18,20). The summed E-state index contributed by atoms with van der Waals surface area (Å²) >= 11 is 0. The second-order valence-electron chi connectivity index (χ2n) is 5.50. The van der Waals surface area contributed by atoms with Crippen LogP contribution >= 0.6 is 0 Å². The molecule has 0 saturated heterocycles. The molecule has 1 aromatic carbocycles. The molecule has 0 aliphatic heterocycles. The average Bonchev–Trinajstić information content (AvgIpc) is 2.44. The van der Waals surface area contributed by atoms with Crippen LogP contribution in [0.15, 0.2) is 30.3 Å². The highest BCUT2D eigenvalue weighted by Crippen LogP contribution is 2.13. The van der Waals surface area contributed by atoms with E-state index in [2.05, 4.69) is 24.1 Å². The number of nitrogens with one attached hydrogen (secondary N) is 1. The molecule has 4 heteroatoms. The highest BCUT2D eigenvalue weighted by molar-refractivity contribution is 5.81. The molecule has 0 fully saturated rings. The molecule has 0 aliphatic rings. The molecule has 1 amide bonds. The molecule has 0 aromatic heterocycles. The summed E-state index contributed by atoms with van der Waals surface area (Å²) < 4.78 is 0. The van der Waals surface area contributed by atoms with Crippen molar-refractivity contribution in [3.05, 3.63) is 30.3 Å². The van der Waals surface area contributed by atoms with Gasteiger partial charge in [0.25, 0.3) is 0 Å². The summed E-state index contributed by atoms with van der Waals surface area (Å²) in [6.07, 6.45) is 0.877. The van der Waals surface area contributed by atoms with Crippen molar-refractivity contribution in [3.8, 4) is 0 Å². The van der Waals surface area contributed by atoms with Gasteiger partial charge in [-0.2, -0.15) is 0 Å². The fourth-order valence-corrected chi connectivity index (χ4v) is 1.86. The molecule has 0 radical (unpaired) electrons. The van der Waals surface area contributed by atoms with E-state index >= 15 is 0 Å². The maximum absolute atomic E-state index is 12.1. The third kappa shape index (κ3) is 5.61. The van der Waals surface area contributed by atoms with Crippen LogP contribution in [0, 0.1) is 5.92 Å². The summed E-state index contributed by atoms with van der Waals surface area (Å²) in [6.45, 7) is 8.05. The Labute approximate surface area is 122 Å². The van der Waals surface area contributed by atoms with E-state index in [9.17, 15) is 4.79 Å². The molecule has 0 saturated carbocycles. The van der Waals surface area contributed by atoms with Gasteiger partial charge < -0.3 is 16.0 Å². The Bertz CT molecular complexity index is 392. The summed E-state index contributed by atoms with van der Waals surface area (Å²) in [5, 5.41) is 3.04. The Balaban J connectivity index is 2.63. The van der Waals surface area contributed by atoms with Gasteiger partial charge in [-0.3, -0.25) is 4.79 Å². The minimum absolute atomic E-state index is 0.0621. The summed E-state index contributed by atoms with van der Waals surface area (Å²) in [5.41, 5.74) is 6.64. The second kappa shape index (κ2) is 8.59. The van der Waals surface area contributed by atoms with Gasteiger partial charge in [0.15, 0.2) is 0 Å². The van der Waals surface area contributed by atoms with Crippen LogP contribution in [0.3, 0.4) is 0 Å². The van der Waals surface area contributed by atoms with Crippen molar-refractivity contribution in [2.75, 3.05) is 24.5 Å². The number of carbonyl (C=O) groups excluding carboxylic acids is 1. The number of benzene rings is 1. The van der Waals surface area contributed by atoms with Gasteiger partial charge in [-0.15, -0.1) is 0 Å². The molecule has 0 bridgehead atoms. The molecule has 1 aromatic rings. The number of nitrogens with two attached hydrogens (primary N) is 1. The van der Waals surface area contributed by atoms with E-state index < -0.39 is 0 Å². The van der Waals surface area contributed by atoms with Crippen molar-refractivity contribution in [1.29, 1.82) is 0 Å². The number of anilines is 1. The maximum Gasteiger partial charge on any atom is 0.239 e. The first kappa shape index (κ1) is 16.5. The van der Waals surface area contributed by atoms with Crippen LogP contribution in [0.5, 0.6) is 0 Å². The van der Waals surface area contributed by atoms with E-state index in [4.69, 9.17) is 5.73 Å². The number of hydrogen-bond donors (Lipinski definition) is 2. The van der Waals surface area contributed by atoms with Crippen LogP contribution in [0.2, 0.25) is 0 Å². The summed E-state index contributed by atoms with van der Waals surface area (Å²) in [7, 11) is 0. The summed E-state index contributed by atoms with van der Waals surface area (Å²) in [5.74, 6) is 0.500. The van der Waals surface area contributed by atoms with Crippen LogP contribution in [0.1, 0.15) is 27.2 Å². The summed E-state index contributed by atoms with van der Waals surface area (Å²) in [6, 6.07) is 10.2. The molecule has 3 N–H and O–H groups in total. The Morgan fingerprint density at radius 3 is 2.45 bits per heavy atom. The molecular weight excluding hydrogens is 250 g/mol. The quantitative estimate of drug-likeness (QED) is 0.764. The lowest BCUT2D eigenvalue weighted by Crippen LogP contribution is -2.43. The molecule has 20 heavy (non-hydrogen) atoms. The fourth-order valence-electron chi connectivity index (χ4n) is 1.86. The number of hydrogen-bond acceptors (Lipinski definition) is 3. The van der Waals surface area contributed by atoms with Gasteiger partial charge in [0, 0.05) is 18.3 Å². The smallest absolute Gasteiger partial charge is 0.239 e. The number of amides is 1. The van der Waals surface area contributed by atoms with Crippen molar-refractivity contribution >= 4 is 11.6 Å². The van der Waals surface area contributed by atoms with E-state index in [1.54, 1.807) is 0 Å². The van der Waals surface area contributed by atoms with E-state index in [1.165, 1.54) is 0 Å². The minimum Gasteiger partial charge on any atom is -0.362 e. The Morgan fingerprint density at radius 1 is 1.25 bits per heavy atom. The van der Waals surface area contributed by atoms with Crippen molar-refractivity contribution in [2.24, 2.45) is 11.7 Å². The molecule has 4 nitrogen and oxygen atoms in total. The second-order valence-corrected chi connectivity index (χ2v) is 5.50. The van der Waals surface area contributed by atoms with Crippen molar-refractivity contribution in [1.82, 2.24) is 5.32 Å². The molecular formula is C16H27N3O. The predicted molar refractivity (Wildman–Crippen MR) is 84.8 cm³/mol. The lowest BCUT2D eigenvalue weighted by atomic mass is 10.1. The van der Waals surface area contributed by atoms with Crippen molar-refractivity contribution in [3.63, 3.8) is 0 Å². The SMILES string of the molecule is CC(C)C(C)NC(=O)CN(CCCN)c1ccccc1. The molecule has 0 heterocycles. The highest BCUT2D eigenvalue weighted by atomic mass is 16.2. The first-order valence-corrected chi connectivity index (χ1v) is 7.34. The van der Waals surface area contributed by atoms with Crippen molar-refractivity contribution in [2.45, 2.75) is 33.2 Å². The molecule has 0 spiro atoms. The molecule has 1 atom stereocenters. The zero-order valence-electron chi connectivity index (χ0n) is 12.8. The largest absolute Gasteiger partial charge is 0.362 e. The van der Waals surface area contributed by atoms with Gasteiger partial charge in [0.1, 0.15) is 0 Å². The van der Waals surface area contributed by atoms with E-state index in [1.807, 2.05) is 37.3 Å². The zero-order chi connectivity index (χ0) is 15.0. The normalized spacial score (nSPS) is 12.2. The zero-order valence-corrected chi connectivity index (χ0v) is 12.8. The van der Waals surface area contributed by atoms with Crippen LogP contribution < -0.4 is 16.0 Å². The van der Waals surface area contributed by atoms with E-state index in [-0.39, 0.29) is 11.9 Å². The maximum atomic E-state index is 12.1. The topological polar surface area (TPSA) is 58.4 Å². The number of rotatable bonds is 8. The summed E-state index contributed by atoms with van der Waals surface area (Å²) in [4.78, 5) is 14.2.